The molecule has 0 aliphatic carbocycles. The molecule has 0 saturated heterocycles. The molecule has 0 aliphatic rings. The van der Waals surface area contributed by atoms with Crippen LogP contribution in [-0.2, 0) is 0 Å². The Kier molecular flexibility index (Phi) is 3.99. The quantitative estimate of drug-likeness (QED) is 0.573. The summed E-state index contributed by atoms with van der Waals surface area (Å²) in [5, 5.41) is 6.34. The third-order valence-corrected chi connectivity index (χ3v) is 4.71. The number of hydrogen-bond donors (Lipinski definition) is 1. The molecular formula is C20H15N3OS. The van der Waals surface area contributed by atoms with E-state index in [2.05, 4.69) is 34.3 Å². The minimum absolute atomic E-state index is 0.200. The molecule has 4 rings (SSSR count). The fourth-order valence-electron chi connectivity index (χ4n) is 2.64. The smallest absolute Gasteiger partial charge is 0.259 e. The summed E-state index contributed by atoms with van der Waals surface area (Å²) in [6, 6.07) is 17.5. The molecule has 2 aromatic heterocycles. The number of nitrogens with one attached hydrogen (secondary N) is 1. The highest BCUT2D eigenvalue weighted by Crippen LogP contribution is 2.26. The van der Waals surface area contributed by atoms with E-state index in [-0.39, 0.29) is 5.91 Å². The lowest BCUT2D eigenvalue weighted by molar-refractivity contribution is 0.102. The number of aryl methyl sites for hydroxylation is 1. The number of para-hydroxylation sites is 1. The van der Waals surface area contributed by atoms with Gasteiger partial charge in [0.15, 0.2) is 5.13 Å². The number of amides is 1. The predicted molar refractivity (Wildman–Crippen MR) is 102 cm³/mol. The Hall–Kier alpha value is -3.05. The first-order valence-corrected chi connectivity index (χ1v) is 8.76. The van der Waals surface area contributed by atoms with Gasteiger partial charge in [0.25, 0.3) is 5.91 Å². The lowest BCUT2D eigenvalue weighted by Crippen LogP contribution is -2.12. The molecule has 0 aliphatic heterocycles. The molecule has 0 spiro atoms. The summed E-state index contributed by atoms with van der Waals surface area (Å²) in [7, 11) is 0. The van der Waals surface area contributed by atoms with Crippen molar-refractivity contribution in [3.63, 3.8) is 0 Å². The van der Waals surface area contributed by atoms with Crippen LogP contribution < -0.4 is 5.32 Å². The molecular weight excluding hydrogens is 330 g/mol. The van der Waals surface area contributed by atoms with Gasteiger partial charge in [-0.05, 0) is 19.1 Å². The van der Waals surface area contributed by atoms with Gasteiger partial charge in [-0.3, -0.25) is 15.1 Å². The fourth-order valence-corrected chi connectivity index (χ4v) is 3.35. The van der Waals surface area contributed by atoms with Crippen molar-refractivity contribution in [3.8, 4) is 11.3 Å². The highest BCUT2D eigenvalue weighted by molar-refractivity contribution is 7.14. The molecule has 1 N–H and O–H groups in total. The second-order valence-electron chi connectivity index (χ2n) is 5.74. The standard InChI is InChI=1S/C20H15N3OS/c1-13-7-9-14(10-8-13)17-12-25-20(22-17)23-19(24)16-6-2-4-15-5-3-11-21-18(15)16/h2-12H,1H3,(H,22,23,24). The number of aromatic nitrogens is 2. The van der Waals surface area contributed by atoms with E-state index in [1.165, 1.54) is 16.9 Å². The van der Waals surface area contributed by atoms with E-state index in [0.717, 1.165) is 16.6 Å². The number of fused-ring (bicyclic) bond motifs is 1. The zero-order valence-electron chi connectivity index (χ0n) is 13.6. The summed E-state index contributed by atoms with van der Waals surface area (Å²) < 4.78 is 0. The maximum Gasteiger partial charge on any atom is 0.259 e. The maximum atomic E-state index is 12.6. The molecule has 0 radical (unpaired) electrons. The van der Waals surface area contributed by atoms with Crippen LogP contribution in [-0.4, -0.2) is 15.9 Å². The molecule has 0 fully saturated rings. The van der Waals surface area contributed by atoms with Gasteiger partial charge in [-0.2, -0.15) is 0 Å². The van der Waals surface area contributed by atoms with Crippen LogP contribution in [0.3, 0.4) is 0 Å². The summed E-state index contributed by atoms with van der Waals surface area (Å²) in [5.41, 5.74) is 4.34. The molecule has 1 amide bonds. The number of hydrogen-bond acceptors (Lipinski definition) is 4. The van der Waals surface area contributed by atoms with Gasteiger partial charge in [0.1, 0.15) is 0 Å². The third-order valence-electron chi connectivity index (χ3n) is 3.95. The number of pyridine rings is 1. The van der Waals surface area contributed by atoms with Crippen LogP contribution in [0.1, 0.15) is 15.9 Å². The molecule has 122 valence electrons. The lowest BCUT2D eigenvalue weighted by atomic mass is 10.1. The first-order chi connectivity index (χ1) is 12.2. The maximum absolute atomic E-state index is 12.6. The fraction of sp³-hybridized carbons (Fsp3) is 0.0500. The molecule has 4 aromatic rings. The highest BCUT2D eigenvalue weighted by Gasteiger charge is 2.13. The van der Waals surface area contributed by atoms with Crippen LogP contribution in [0.25, 0.3) is 22.2 Å². The van der Waals surface area contributed by atoms with Gasteiger partial charge in [0.05, 0.1) is 16.8 Å². The molecule has 5 heteroatoms. The Bertz CT molecular complexity index is 1050. The zero-order chi connectivity index (χ0) is 17.2. The summed E-state index contributed by atoms with van der Waals surface area (Å²) in [6.07, 6.45) is 1.69. The van der Waals surface area contributed by atoms with E-state index in [1.54, 1.807) is 12.3 Å². The minimum atomic E-state index is -0.200. The van der Waals surface area contributed by atoms with Crippen molar-refractivity contribution in [1.29, 1.82) is 0 Å². The summed E-state index contributed by atoms with van der Waals surface area (Å²) in [4.78, 5) is 21.5. The van der Waals surface area contributed by atoms with Gasteiger partial charge in [-0.15, -0.1) is 11.3 Å². The van der Waals surface area contributed by atoms with Crippen molar-refractivity contribution < 1.29 is 4.79 Å². The van der Waals surface area contributed by atoms with Crippen LogP contribution in [0, 0.1) is 6.92 Å². The minimum Gasteiger partial charge on any atom is -0.298 e. The number of nitrogens with zero attached hydrogens (tertiary/aromatic N) is 2. The molecule has 4 nitrogen and oxygen atoms in total. The van der Waals surface area contributed by atoms with Crippen LogP contribution >= 0.6 is 11.3 Å². The Morgan fingerprint density at radius 2 is 1.84 bits per heavy atom. The van der Waals surface area contributed by atoms with Crippen molar-refractivity contribution >= 4 is 33.3 Å². The molecule has 2 heterocycles. The Labute approximate surface area is 149 Å². The molecule has 25 heavy (non-hydrogen) atoms. The second-order valence-corrected chi connectivity index (χ2v) is 6.60. The van der Waals surface area contributed by atoms with Gasteiger partial charge >= 0.3 is 0 Å². The van der Waals surface area contributed by atoms with Gasteiger partial charge < -0.3 is 0 Å². The summed E-state index contributed by atoms with van der Waals surface area (Å²) >= 11 is 1.41. The van der Waals surface area contributed by atoms with Gasteiger partial charge in [0, 0.05) is 22.5 Å². The molecule has 0 bridgehead atoms. The van der Waals surface area contributed by atoms with E-state index in [1.807, 2.05) is 41.8 Å². The monoisotopic (exact) mass is 345 g/mol. The van der Waals surface area contributed by atoms with E-state index in [9.17, 15) is 4.79 Å². The number of carbonyl (C=O) groups is 1. The van der Waals surface area contributed by atoms with Crippen molar-refractivity contribution in [2.45, 2.75) is 6.92 Å². The Morgan fingerprint density at radius 3 is 2.68 bits per heavy atom. The van der Waals surface area contributed by atoms with Crippen molar-refractivity contribution in [2.24, 2.45) is 0 Å². The number of thiazole rings is 1. The predicted octanol–water partition coefficient (Wildman–Crippen LogP) is 4.92. The van der Waals surface area contributed by atoms with E-state index >= 15 is 0 Å². The van der Waals surface area contributed by atoms with Crippen LogP contribution in [0.2, 0.25) is 0 Å². The topological polar surface area (TPSA) is 54.9 Å². The largest absolute Gasteiger partial charge is 0.298 e. The van der Waals surface area contributed by atoms with Gasteiger partial charge in [0.2, 0.25) is 0 Å². The normalized spacial score (nSPS) is 10.8. The van der Waals surface area contributed by atoms with Crippen molar-refractivity contribution in [3.05, 3.63) is 77.3 Å². The third kappa shape index (κ3) is 3.14. The summed E-state index contributed by atoms with van der Waals surface area (Å²) in [6.45, 7) is 2.05. The van der Waals surface area contributed by atoms with Crippen molar-refractivity contribution in [2.75, 3.05) is 5.32 Å². The number of benzene rings is 2. The Morgan fingerprint density at radius 1 is 1.04 bits per heavy atom. The average Bonchev–Trinajstić information content (AvgIpc) is 3.10. The van der Waals surface area contributed by atoms with Gasteiger partial charge in [-0.25, -0.2) is 4.98 Å². The lowest BCUT2D eigenvalue weighted by Gasteiger charge is -2.05. The zero-order valence-corrected chi connectivity index (χ0v) is 14.4. The van der Waals surface area contributed by atoms with Crippen LogP contribution in [0.4, 0.5) is 5.13 Å². The molecule has 0 unspecified atom stereocenters. The van der Waals surface area contributed by atoms with E-state index in [0.29, 0.717) is 16.2 Å². The number of rotatable bonds is 3. The van der Waals surface area contributed by atoms with Crippen molar-refractivity contribution in [1.82, 2.24) is 9.97 Å². The number of anilines is 1. The van der Waals surface area contributed by atoms with E-state index < -0.39 is 0 Å². The molecule has 0 atom stereocenters. The molecule has 0 saturated carbocycles. The van der Waals surface area contributed by atoms with Crippen LogP contribution in [0.5, 0.6) is 0 Å². The molecule has 2 aromatic carbocycles. The first-order valence-electron chi connectivity index (χ1n) is 7.88. The summed E-state index contributed by atoms with van der Waals surface area (Å²) in [5.74, 6) is -0.200. The first kappa shape index (κ1) is 15.5. The van der Waals surface area contributed by atoms with E-state index in [4.69, 9.17) is 0 Å². The average molecular weight is 345 g/mol. The van der Waals surface area contributed by atoms with Crippen LogP contribution in [0.15, 0.2) is 66.2 Å². The second kappa shape index (κ2) is 6.45. The SMILES string of the molecule is Cc1ccc(-c2csc(NC(=O)c3cccc4cccnc34)n2)cc1. The Balaban J connectivity index is 1.60. The highest BCUT2D eigenvalue weighted by atomic mass is 32.1. The number of carbonyl (C=O) groups excluding carboxylic acids is 1. The van der Waals surface area contributed by atoms with Gasteiger partial charge in [-0.1, -0.05) is 48.0 Å².